The van der Waals surface area contributed by atoms with Gasteiger partial charge in [0.25, 0.3) is 11.8 Å². The second-order valence-electron chi connectivity index (χ2n) is 5.48. The van der Waals surface area contributed by atoms with E-state index in [1.807, 2.05) is 6.07 Å². The molecule has 0 aliphatic rings. The molecule has 130 valence electrons. The van der Waals surface area contributed by atoms with Crippen molar-refractivity contribution in [2.45, 2.75) is 0 Å². The van der Waals surface area contributed by atoms with Gasteiger partial charge in [-0.1, -0.05) is 45.7 Å². The molecule has 2 amide bonds. The van der Waals surface area contributed by atoms with Gasteiger partial charge in [-0.05, 0) is 54.6 Å². The van der Waals surface area contributed by atoms with Crippen LogP contribution in [0.1, 0.15) is 20.7 Å². The van der Waals surface area contributed by atoms with E-state index in [2.05, 4.69) is 26.6 Å². The van der Waals surface area contributed by atoms with E-state index in [1.165, 1.54) is 0 Å². The number of rotatable bonds is 4. The summed E-state index contributed by atoms with van der Waals surface area (Å²) < 4.78 is 0.769. The maximum atomic E-state index is 12.3. The zero-order valence-electron chi connectivity index (χ0n) is 13.5. The zero-order chi connectivity index (χ0) is 18.5. The minimum Gasteiger partial charge on any atom is -0.322 e. The van der Waals surface area contributed by atoms with Crippen LogP contribution in [0.15, 0.2) is 77.3 Å². The quantitative estimate of drug-likeness (QED) is 0.566. The van der Waals surface area contributed by atoms with Crippen molar-refractivity contribution in [1.82, 2.24) is 0 Å². The normalized spacial score (nSPS) is 10.2. The van der Waals surface area contributed by atoms with E-state index >= 15 is 0 Å². The molecule has 0 unspecified atom stereocenters. The molecule has 0 fully saturated rings. The van der Waals surface area contributed by atoms with Crippen LogP contribution < -0.4 is 10.6 Å². The standard InChI is InChI=1S/C20H14BrClN2O2/c21-14-6-11-18(22)17(12-14)20(26)24-16-9-7-15(8-10-16)23-19(25)13-4-2-1-3-5-13/h1-12H,(H,23,25)(H,24,26). The van der Waals surface area contributed by atoms with Crippen LogP contribution in [0.25, 0.3) is 0 Å². The third-order valence-electron chi connectivity index (χ3n) is 3.61. The fraction of sp³-hybridized carbons (Fsp3) is 0. The van der Waals surface area contributed by atoms with E-state index in [4.69, 9.17) is 11.6 Å². The maximum absolute atomic E-state index is 12.3. The Morgan fingerprint density at radius 3 is 1.96 bits per heavy atom. The molecule has 3 aromatic carbocycles. The first-order chi connectivity index (χ1) is 12.5. The average molecular weight is 430 g/mol. The van der Waals surface area contributed by atoms with Gasteiger partial charge in [0.2, 0.25) is 0 Å². The third kappa shape index (κ3) is 4.50. The Morgan fingerprint density at radius 1 is 0.769 bits per heavy atom. The lowest BCUT2D eigenvalue weighted by Gasteiger charge is -2.09. The molecule has 3 rings (SSSR count). The van der Waals surface area contributed by atoms with Gasteiger partial charge in [-0.2, -0.15) is 0 Å². The van der Waals surface area contributed by atoms with Crippen LogP contribution in [0.2, 0.25) is 5.02 Å². The van der Waals surface area contributed by atoms with Crippen molar-refractivity contribution in [3.63, 3.8) is 0 Å². The van der Waals surface area contributed by atoms with Crippen molar-refractivity contribution in [2.24, 2.45) is 0 Å². The Kier molecular flexibility index (Phi) is 5.71. The number of hydrogen-bond donors (Lipinski definition) is 2. The van der Waals surface area contributed by atoms with Crippen molar-refractivity contribution >= 4 is 50.7 Å². The van der Waals surface area contributed by atoms with Gasteiger partial charge >= 0.3 is 0 Å². The number of anilines is 2. The van der Waals surface area contributed by atoms with Crippen molar-refractivity contribution in [1.29, 1.82) is 0 Å². The number of amides is 2. The highest BCUT2D eigenvalue weighted by Crippen LogP contribution is 2.22. The van der Waals surface area contributed by atoms with E-state index in [9.17, 15) is 9.59 Å². The summed E-state index contributed by atoms with van der Waals surface area (Å²) in [6, 6.07) is 20.9. The van der Waals surface area contributed by atoms with Gasteiger partial charge in [-0.15, -0.1) is 0 Å². The third-order valence-corrected chi connectivity index (χ3v) is 4.43. The highest BCUT2D eigenvalue weighted by molar-refractivity contribution is 9.10. The summed E-state index contributed by atoms with van der Waals surface area (Å²) in [5, 5.41) is 5.96. The van der Waals surface area contributed by atoms with Crippen molar-refractivity contribution in [2.75, 3.05) is 10.6 Å². The second kappa shape index (κ2) is 8.17. The van der Waals surface area contributed by atoms with Gasteiger partial charge in [0.15, 0.2) is 0 Å². The minimum absolute atomic E-state index is 0.191. The highest BCUT2D eigenvalue weighted by atomic mass is 79.9. The summed E-state index contributed by atoms with van der Waals surface area (Å²) in [5.74, 6) is -0.499. The van der Waals surface area contributed by atoms with Gasteiger partial charge in [-0.3, -0.25) is 9.59 Å². The first kappa shape index (κ1) is 18.2. The van der Waals surface area contributed by atoms with E-state index in [1.54, 1.807) is 66.7 Å². The molecule has 2 N–H and O–H groups in total. The van der Waals surface area contributed by atoms with E-state index in [0.29, 0.717) is 27.5 Å². The Hall–Kier alpha value is -2.63. The van der Waals surface area contributed by atoms with Crippen LogP contribution in [-0.4, -0.2) is 11.8 Å². The second-order valence-corrected chi connectivity index (χ2v) is 6.80. The van der Waals surface area contributed by atoms with Gasteiger partial charge in [-0.25, -0.2) is 0 Å². The van der Waals surface area contributed by atoms with E-state index in [-0.39, 0.29) is 11.8 Å². The molecule has 0 aliphatic carbocycles. The lowest BCUT2D eigenvalue weighted by atomic mass is 10.2. The maximum Gasteiger partial charge on any atom is 0.257 e. The average Bonchev–Trinajstić information content (AvgIpc) is 2.66. The number of carbonyl (C=O) groups excluding carboxylic acids is 2. The Bertz CT molecular complexity index is 944. The molecule has 0 saturated heterocycles. The van der Waals surface area contributed by atoms with E-state index < -0.39 is 0 Å². The number of carbonyl (C=O) groups is 2. The summed E-state index contributed by atoms with van der Waals surface area (Å²) in [4.78, 5) is 24.5. The van der Waals surface area contributed by atoms with Gasteiger partial charge < -0.3 is 10.6 Å². The lowest BCUT2D eigenvalue weighted by Crippen LogP contribution is -2.13. The molecule has 0 saturated carbocycles. The number of halogens is 2. The Balaban J connectivity index is 1.67. The van der Waals surface area contributed by atoms with Crippen LogP contribution in [0.3, 0.4) is 0 Å². The summed E-state index contributed by atoms with van der Waals surface area (Å²) in [6.45, 7) is 0. The lowest BCUT2D eigenvalue weighted by molar-refractivity contribution is 0.101. The molecule has 26 heavy (non-hydrogen) atoms. The monoisotopic (exact) mass is 428 g/mol. The predicted octanol–water partition coefficient (Wildman–Crippen LogP) is 5.61. The first-order valence-electron chi connectivity index (χ1n) is 7.76. The smallest absolute Gasteiger partial charge is 0.257 e. The fourth-order valence-electron chi connectivity index (χ4n) is 2.30. The van der Waals surface area contributed by atoms with Crippen LogP contribution in [0.5, 0.6) is 0 Å². The predicted molar refractivity (Wildman–Crippen MR) is 108 cm³/mol. The molecule has 0 spiro atoms. The fourth-order valence-corrected chi connectivity index (χ4v) is 2.86. The Labute approximate surface area is 164 Å². The largest absolute Gasteiger partial charge is 0.322 e. The van der Waals surface area contributed by atoms with Crippen LogP contribution in [0, 0.1) is 0 Å². The summed E-state index contributed by atoms with van der Waals surface area (Å²) in [7, 11) is 0. The molecule has 0 aliphatic heterocycles. The summed E-state index contributed by atoms with van der Waals surface area (Å²) in [5.41, 5.74) is 2.19. The van der Waals surface area contributed by atoms with Crippen molar-refractivity contribution in [3.8, 4) is 0 Å². The molecule has 3 aromatic rings. The molecule has 4 nitrogen and oxygen atoms in total. The van der Waals surface area contributed by atoms with Gasteiger partial charge in [0.05, 0.1) is 10.6 Å². The zero-order valence-corrected chi connectivity index (χ0v) is 15.8. The van der Waals surface area contributed by atoms with E-state index in [0.717, 1.165) is 4.47 Å². The van der Waals surface area contributed by atoms with Crippen LogP contribution >= 0.6 is 27.5 Å². The van der Waals surface area contributed by atoms with Crippen LogP contribution in [0.4, 0.5) is 11.4 Å². The minimum atomic E-state index is -0.308. The molecule has 0 heterocycles. The van der Waals surface area contributed by atoms with Crippen molar-refractivity contribution in [3.05, 3.63) is 93.4 Å². The highest BCUT2D eigenvalue weighted by Gasteiger charge is 2.11. The summed E-state index contributed by atoms with van der Waals surface area (Å²) in [6.07, 6.45) is 0. The first-order valence-corrected chi connectivity index (χ1v) is 8.93. The molecule has 0 atom stereocenters. The molecule has 0 radical (unpaired) electrons. The number of nitrogens with one attached hydrogen (secondary N) is 2. The molecule has 0 aromatic heterocycles. The molecular weight excluding hydrogens is 416 g/mol. The number of benzene rings is 3. The number of hydrogen-bond acceptors (Lipinski definition) is 2. The van der Waals surface area contributed by atoms with Gasteiger partial charge in [0.1, 0.15) is 0 Å². The molecular formula is C20H14BrClN2O2. The molecule has 0 bridgehead atoms. The Morgan fingerprint density at radius 2 is 1.35 bits per heavy atom. The summed E-state index contributed by atoms with van der Waals surface area (Å²) >= 11 is 9.39. The molecule has 6 heteroatoms. The SMILES string of the molecule is O=C(Nc1ccc(NC(=O)c2cc(Br)ccc2Cl)cc1)c1ccccc1. The van der Waals surface area contributed by atoms with Crippen molar-refractivity contribution < 1.29 is 9.59 Å². The van der Waals surface area contributed by atoms with Crippen LogP contribution in [-0.2, 0) is 0 Å². The van der Waals surface area contributed by atoms with Gasteiger partial charge in [0, 0.05) is 21.4 Å². The topological polar surface area (TPSA) is 58.2 Å².